The average molecular weight is 465 g/mol. The van der Waals surface area contributed by atoms with E-state index >= 15 is 0 Å². The second-order valence-electron chi connectivity index (χ2n) is 9.97. The Hall–Kier alpha value is -3.44. The molecule has 1 amide bonds. The number of carbonyl (C=O) groups is 1. The lowest BCUT2D eigenvalue weighted by Crippen LogP contribution is -2.42. The zero-order valence-electron chi connectivity index (χ0n) is 20.1. The van der Waals surface area contributed by atoms with E-state index in [2.05, 4.69) is 75.6 Å². The standard InChI is InChI=1S/C30H32N4O/c35-29(31-21-27(33-19-9-10-20-33)24-13-5-2-6-14-24)30(17-18-30)28-25-15-7-8-16-26(25)32-34(28)22-23-11-3-1-4-12-23/h1-8,11-16,27H,9-10,17-22H2,(H,31,35). The molecular formula is C30H32N4O. The van der Waals surface area contributed by atoms with Gasteiger partial charge in [-0.2, -0.15) is 5.10 Å². The van der Waals surface area contributed by atoms with Gasteiger partial charge in [-0.3, -0.25) is 14.4 Å². The molecule has 3 aromatic carbocycles. The van der Waals surface area contributed by atoms with Gasteiger partial charge in [0.15, 0.2) is 0 Å². The van der Waals surface area contributed by atoms with E-state index in [0.29, 0.717) is 13.1 Å². The SMILES string of the molecule is O=C(NCC(c1ccccc1)N1CCCC1)C1(c2c3ccccc3nn2Cc2ccccc2)CC1. The summed E-state index contributed by atoms with van der Waals surface area (Å²) in [7, 11) is 0. The molecule has 5 nitrogen and oxygen atoms in total. The van der Waals surface area contributed by atoms with Crippen LogP contribution in [0.2, 0.25) is 0 Å². The Kier molecular flexibility index (Phi) is 5.86. The molecule has 2 heterocycles. The molecule has 6 rings (SSSR count). The second-order valence-corrected chi connectivity index (χ2v) is 9.97. The highest BCUT2D eigenvalue weighted by Gasteiger charge is 2.54. The lowest BCUT2D eigenvalue weighted by Gasteiger charge is -2.29. The summed E-state index contributed by atoms with van der Waals surface area (Å²) in [4.78, 5) is 16.4. The number of hydrogen-bond acceptors (Lipinski definition) is 3. The molecule has 1 aliphatic carbocycles. The third-order valence-corrected chi connectivity index (χ3v) is 7.68. The predicted molar refractivity (Wildman–Crippen MR) is 139 cm³/mol. The van der Waals surface area contributed by atoms with E-state index in [1.165, 1.54) is 24.0 Å². The van der Waals surface area contributed by atoms with E-state index in [9.17, 15) is 4.79 Å². The fourth-order valence-corrected chi connectivity index (χ4v) is 5.70. The van der Waals surface area contributed by atoms with E-state index in [4.69, 9.17) is 5.10 Å². The highest BCUT2D eigenvalue weighted by Crippen LogP contribution is 2.51. The van der Waals surface area contributed by atoms with Gasteiger partial charge < -0.3 is 5.32 Å². The summed E-state index contributed by atoms with van der Waals surface area (Å²) in [5.74, 6) is 0.137. The second kappa shape index (κ2) is 9.31. The van der Waals surface area contributed by atoms with Gasteiger partial charge in [0, 0.05) is 11.9 Å². The van der Waals surface area contributed by atoms with Crippen molar-refractivity contribution in [2.75, 3.05) is 19.6 Å². The van der Waals surface area contributed by atoms with Crippen LogP contribution in [0.3, 0.4) is 0 Å². The minimum Gasteiger partial charge on any atom is -0.353 e. The van der Waals surface area contributed by atoms with Gasteiger partial charge >= 0.3 is 0 Å². The van der Waals surface area contributed by atoms with Crippen LogP contribution < -0.4 is 5.32 Å². The quantitative estimate of drug-likeness (QED) is 0.396. The first-order valence-corrected chi connectivity index (χ1v) is 12.8. The summed E-state index contributed by atoms with van der Waals surface area (Å²) in [5.41, 5.74) is 3.98. The molecule has 0 radical (unpaired) electrons. The number of fused-ring (bicyclic) bond motifs is 1. The molecule has 1 N–H and O–H groups in total. The number of carbonyl (C=O) groups excluding carboxylic acids is 1. The van der Waals surface area contributed by atoms with Crippen LogP contribution in [0.4, 0.5) is 0 Å². The summed E-state index contributed by atoms with van der Waals surface area (Å²) in [6.45, 7) is 3.49. The van der Waals surface area contributed by atoms with Crippen LogP contribution in [0.1, 0.15) is 48.5 Å². The largest absolute Gasteiger partial charge is 0.353 e. The number of nitrogens with one attached hydrogen (secondary N) is 1. The topological polar surface area (TPSA) is 50.2 Å². The van der Waals surface area contributed by atoms with Crippen LogP contribution in [-0.4, -0.2) is 40.2 Å². The van der Waals surface area contributed by atoms with Crippen LogP contribution >= 0.6 is 0 Å². The molecule has 0 spiro atoms. The van der Waals surface area contributed by atoms with E-state index in [1.54, 1.807) is 0 Å². The maximum Gasteiger partial charge on any atom is 0.232 e. The van der Waals surface area contributed by atoms with Gasteiger partial charge in [0.25, 0.3) is 0 Å². The third kappa shape index (κ3) is 4.25. The van der Waals surface area contributed by atoms with Crippen molar-refractivity contribution in [3.05, 3.63) is 102 Å². The summed E-state index contributed by atoms with van der Waals surface area (Å²) < 4.78 is 2.07. The monoisotopic (exact) mass is 464 g/mol. The number of amides is 1. The van der Waals surface area contributed by atoms with Gasteiger partial charge in [-0.15, -0.1) is 0 Å². The highest BCUT2D eigenvalue weighted by molar-refractivity contribution is 5.96. The van der Waals surface area contributed by atoms with Crippen molar-refractivity contribution in [2.24, 2.45) is 0 Å². The minimum atomic E-state index is -0.503. The van der Waals surface area contributed by atoms with Crippen LogP contribution in [-0.2, 0) is 16.8 Å². The molecule has 4 aromatic rings. The first kappa shape index (κ1) is 22.1. The van der Waals surface area contributed by atoms with Gasteiger partial charge in [0.1, 0.15) is 0 Å². The Balaban J connectivity index is 1.29. The molecule has 5 heteroatoms. The predicted octanol–water partition coefficient (Wildman–Crippen LogP) is 5.07. The first-order chi connectivity index (χ1) is 17.2. The Morgan fingerprint density at radius 1 is 0.886 bits per heavy atom. The molecule has 178 valence electrons. The maximum absolute atomic E-state index is 13.9. The molecular weight excluding hydrogens is 432 g/mol. The highest BCUT2D eigenvalue weighted by atomic mass is 16.2. The Labute approximate surface area is 206 Å². The van der Waals surface area contributed by atoms with Gasteiger partial charge in [0.05, 0.1) is 29.2 Å². The molecule has 1 aliphatic heterocycles. The molecule has 1 saturated heterocycles. The summed E-state index contributed by atoms with van der Waals surface area (Å²) in [6.07, 6.45) is 4.18. The number of nitrogens with zero attached hydrogens (tertiary/aromatic N) is 3. The van der Waals surface area contributed by atoms with Crippen LogP contribution in [0.25, 0.3) is 10.9 Å². The third-order valence-electron chi connectivity index (χ3n) is 7.68. The first-order valence-electron chi connectivity index (χ1n) is 12.8. The van der Waals surface area contributed by atoms with Crippen LogP contribution in [0.5, 0.6) is 0 Å². The number of aromatic nitrogens is 2. The number of hydrogen-bond donors (Lipinski definition) is 1. The van der Waals surface area contributed by atoms with Crippen molar-refractivity contribution in [1.82, 2.24) is 20.0 Å². The van der Waals surface area contributed by atoms with E-state index < -0.39 is 5.41 Å². The smallest absolute Gasteiger partial charge is 0.232 e. The number of rotatable bonds is 8. The van der Waals surface area contributed by atoms with Gasteiger partial charge in [-0.1, -0.05) is 78.9 Å². The molecule has 1 aromatic heterocycles. The summed E-state index contributed by atoms with van der Waals surface area (Å²) >= 11 is 0. The molecule has 1 saturated carbocycles. The minimum absolute atomic E-state index is 0.137. The Morgan fingerprint density at radius 3 is 2.26 bits per heavy atom. The van der Waals surface area contributed by atoms with Crippen molar-refractivity contribution in [2.45, 2.75) is 43.7 Å². The summed E-state index contributed by atoms with van der Waals surface area (Å²) in [6, 6.07) is 29.4. The molecule has 2 aliphatic rings. The fourth-order valence-electron chi connectivity index (χ4n) is 5.70. The lowest BCUT2D eigenvalue weighted by molar-refractivity contribution is -0.124. The number of benzene rings is 3. The maximum atomic E-state index is 13.9. The lowest BCUT2D eigenvalue weighted by atomic mass is 9.96. The molecule has 0 bridgehead atoms. The Morgan fingerprint density at radius 2 is 1.54 bits per heavy atom. The van der Waals surface area contributed by atoms with Crippen LogP contribution in [0.15, 0.2) is 84.9 Å². The van der Waals surface area contributed by atoms with E-state index in [0.717, 1.165) is 42.5 Å². The zero-order chi connectivity index (χ0) is 23.7. The molecule has 2 fully saturated rings. The van der Waals surface area contributed by atoms with Gasteiger partial charge in [-0.25, -0.2) is 0 Å². The van der Waals surface area contributed by atoms with Crippen LogP contribution in [0, 0.1) is 0 Å². The fraction of sp³-hybridized carbons (Fsp3) is 0.333. The van der Waals surface area contributed by atoms with Crippen molar-refractivity contribution < 1.29 is 4.79 Å². The van der Waals surface area contributed by atoms with E-state index in [-0.39, 0.29) is 11.9 Å². The Bertz CT molecular complexity index is 1300. The molecule has 35 heavy (non-hydrogen) atoms. The molecule has 1 atom stereocenters. The van der Waals surface area contributed by atoms with Gasteiger partial charge in [-0.05, 0) is 56.0 Å². The van der Waals surface area contributed by atoms with Crippen molar-refractivity contribution >= 4 is 16.8 Å². The van der Waals surface area contributed by atoms with Crippen molar-refractivity contribution in [3.63, 3.8) is 0 Å². The average Bonchev–Trinajstić information content (AvgIpc) is 3.34. The van der Waals surface area contributed by atoms with Gasteiger partial charge in [0.2, 0.25) is 5.91 Å². The van der Waals surface area contributed by atoms with E-state index in [1.807, 2.05) is 24.3 Å². The summed E-state index contributed by atoms with van der Waals surface area (Å²) in [5, 5.41) is 9.41. The molecule has 1 unspecified atom stereocenters. The van der Waals surface area contributed by atoms with Crippen molar-refractivity contribution in [1.29, 1.82) is 0 Å². The normalized spacial score (nSPS) is 17.9. The van der Waals surface area contributed by atoms with Crippen molar-refractivity contribution in [3.8, 4) is 0 Å². The number of likely N-dealkylation sites (tertiary alicyclic amines) is 1. The zero-order valence-corrected chi connectivity index (χ0v) is 20.1.